The van der Waals surface area contributed by atoms with E-state index in [0.29, 0.717) is 18.3 Å². The van der Waals surface area contributed by atoms with E-state index in [-0.39, 0.29) is 0 Å². The van der Waals surface area contributed by atoms with Crippen molar-refractivity contribution in [1.82, 2.24) is 10.1 Å². The second-order valence-electron chi connectivity index (χ2n) is 5.91. The third-order valence-corrected chi connectivity index (χ3v) is 5.11. The summed E-state index contributed by atoms with van der Waals surface area (Å²) in [6.07, 6.45) is 3.86. The lowest BCUT2D eigenvalue weighted by Gasteiger charge is -2.30. The molecule has 1 aliphatic heterocycles. The van der Waals surface area contributed by atoms with Crippen LogP contribution < -0.4 is 10.2 Å². The van der Waals surface area contributed by atoms with Gasteiger partial charge in [0.05, 0.1) is 22.8 Å². The van der Waals surface area contributed by atoms with E-state index in [1.165, 1.54) is 24.9 Å². The van der Waals surface area contributed by atoms with Crippen LogP contribution in [0.15, 0.2) is 46.3 Å². The largest absolute Gasteiger partial charge is 0.374 e. The standard InChI is InChI=1S/C18H20N4OS/c1-4-10-22(11-5-1)15-8-3-2-7-14(15)19-13-17-20-18(21-23-17)16-9-6-12-24-16/h2-3,6-9,12,19H,1,4-5,10-11,13H2. The van der Waals surface area contributed by atoms with Crippen molar-refractivity contribution in [2.24, 2.45) is 0 Å². The van der Waals surface area contributed by atoms with Gasteiger partial charge in [0, 0.05) is 13.1 Å². The summed E-state index contributed by atoms with van der Waals surface area (Å²) in [4.78, 5) is 7.95. The highest BCUT2D eigenvalue weighted by molar-refractivity contribution is 7.13. The van der Waals surface area contributed by atoms with E-state index in [9.17, 15) is 0 Å². The van der Waals surface area contributed by atoms with Crippen molar-refractivity contribution < 1.29 is 4.52 Å². The van der Waals surface area contributed by atoms with Crippen LogP contribution in [0.5, 0.6) is 0 Å². The van der Waals surface area contributed by atoms with Gasteiger partial charge in [-0.2, -0.15) is 4.98 Å². The smallest absolute Gasteiger partial charge is 0.246 e. The third kappa shape index (κ3) is 3.28. The van der Waals surface area contributed by atoms with Crippen LogP contribution in [-0.4, -0.2) is 23.2 Å². The first-order chi connectivity index (χ1) is 11.9. The van der Waals surface area contributed by atoms with Crippen molar-refractivity contribution in [2.45, 2.75) is 25.8 Å². The number of hydrogen-bond donors (Lipinski definition) is 1. The Morgan fingerprint density at radius 2 is 1.96 bits per heavy atom. The highest BCUT2D eigenvalue weighted by atomic mass is 32.1. The highest BCUT2D eigenvalue weighted by Crippen LogP contribution is 2.28. The molecule has 0 bridgehead atoms. The summed E-state index contributed by atoms with van der Waals surface area (Å²) in [5.41, 5.74) is 2.38. The number of nitrogens with one attached hydrogen (secondary N) is 1. The Morgan fingerprint density at radius 3 is 2.79 bits per heavy atom. The summed E-state index contributed by atoms with van der Waals surface area (Å²) in [5.74, 6) is 1.26. The second-order valence-corrected chi connectivity index (χ2v) is 6.86. The van der Waals surface area contributed by atoms with Gasteiger partial charge in [-0.05, 0) is 42.8 Å². The zero-order valence-electron chi connectivity index (χ0n) is 13.4. The molecule has 0 amide bonds. The van der Waals surface area contributed by atoms with Crippen molar-refractivity contribution >= 4 is 22.7 Å². The van der Waals surface area contributed by atoms with E-state index in [0.717, 1.165) is 23.7 Å². The molecular formula is C18H20N4OS. The van der Waals surface area contributed by atoms with Gasteiger partial charge in [0.25, 0.3) is 0 Å². The van der Waals surface area contributed by atoms with E-state index in [2.05, 4.69) is 44.6 Å². The molecule has 0 saturated carbocycles. The molecule has 124 valence electrons. The van der Waals surface area contributed by atoms with Crippen LogP contribution in [-0.2, 0) is 6.54 Å². The maximum Gasteiger partial charge on any atom is 0.246 e. The quantitative estimate of drug-likeness (QED) is 0.746. The summed E-state index contributed by atoms with van der Waals surface area (Å²) in [7, 11) is 0. The number of para-hydroxylation sites is 2. The van der Waals surface area contributed by atoms with Crippen molar-refractivity contribution in [2.75, 3.05) is 23.3 Å². The van der Waals surface area contributed by atoms with Gasteiger partial charge in [0.2, 0.25) is 11.7 Å². The predicted molar refractivity (Wildman–Crippen MR) is 97.4 cm³/mol. The summed E-state index contributed by atoms with van der Waals surface area (Å²) < 4.78 is 5.36. The average molecular weight is 340 g/mol. The van der Waals surface area contributed by atoms with Gasteiger partial charge in [-0.25, -0.2) is 0 Å². The van der Waals surface area contributed by atoms with E-state index in [1.54, 1.807) is 11.3 Å². The second kappa shape index (κ2) is 7.05. The minimum atomic E-state index is 0.531. The van der Waals surface area contributed by atoms with Gasteiger partial charge in [-0.3, -0.25) is 0 Å². The minimum absolute atomic E-state index is 0.531. The van der Waals surface area contributed by atoms with Crippen LogP contribution in [0.3, 0.4) is 0 Å². The Morgan fingerprint density at radius 1 is 1.08 bits per heavy atom. The fourth-order valence-corrected chi connectivity index (χ4v) is 3.69. The molecule has 3 aromatic rings. The third-order valence-electron chi connectivity index (χ3n) is 4.24. The number of rotatable bonds is 5. The molecule has 1 N–H and O–H groups in total. The molecule has 3 heterocycles. The topological polar surface area (TPSA) is 54.2 Å². The number of hydrogen-bond acceptors (Lipinski definition) is 6. The fraction of sp³-hybridized carbons (Fsp3) is 0.333. The zero-order valence-corrected chi connectivity index (χ0v) is 14.3. The predicted octanol–water partition coefficient (Wildman–Crippen LogP) is 4.40. The molecule has 5 nitrogen and oxygen atoms in total. The fourth-order valence-electron chi connectivity index (χ4n) is 3.04. The molecule has 1 aliphatic rings. The van der Waals surface area contributed by atoms with Gasteiger partial charge in [-0.1, -0.05) is 23.4 Å². The van der Waals surface area contributed by atoms with E-state index < -0.39 is 0 Å². The Hall–Kier alpha value is -2.34. The molecule has 24 heavy (non-hydrogen) atoms. The average Bonchev–Trinajstić information content (AvgIpc) is 3.32. The first kappa shape index (κ1) is 15.2. The Kier molecular flexibility index (Phi) is 4.46. The molecule has 2 aromatic heterocycles. The minimum Gasteiger partial charge on any atom is -0.374 e. The number of anilines is 2. The maximum atomic E-state index is 5.36. The molecule has 6 heteroatoms. The molecule has 0 atom stereocenters. The number of piperidine rings is 1. The SMILES string of the molecule is c1csc(-c2noc(CNc3ccccc3N3CCCCC3)n2)c1. The summed E-state index contributed by atoms with van der Waals surface area (Å²) in [6.45, 7) is 2.78. The van der Waals surface area contributed by atoms with Crippen LogP contribution in [0.1, 0.15) is 25.2 Å². The van der Waals surface area contributed by atoms with Gasteiger partial charge in [0.1, 0.15) is 0 Å². The Bertz CT molecular complexity index is 778. The monoisotopic (exact) mass is 340 g/mol. The lowest BCUT2D eigenvalue weighted by molar-refractivity contribution is 0.384. The van der Waals surface area contributed by atoms with Gasteiger partial charge in [0.15, 0.2) is 0 Å². The Balaban J connectivity index is 1.46. The number of nitrogens with zero attached hydrogens (tertiary/aromatic N) is 3. The van der Waals surface area contributed by atoms with E-state index in [4.69, 9.17) is 4.52 Å². The van der Waals surface area contributed by atoms with Gasteiger partial charge in [-0.15, -0.1) is 11.3 Å². The molecule has 1 fully saturated rings. The van der Waals surface area contributed by atoms with Gasteiger partial charge < -0.3 is 14.7 Å². The summed E-state index contributed by atoms with van der Waals surface area (Å²) in [6, 6.07) is 12.4. The van der Waals surface area contributed by atoms with Crippen LogP contribution in [0.25, 0.3) is 10.7 Å². The first-order valence-electron chi connectivity index (χ1n) is 8.34. The van der Waals surface area contributed by atoms with E-state index >= 15 is 0 Å². The normalized spacial score (nSPS) is 14.8. The molecule has 0 spiro atoms. The first-order valence-corrected chi connectivity index (χ1v) is 9.22. The Labute approximate surface area is 145 Å². The lowest BCUT2D eigenvalue weighted by atomic mass is 10.1. The molecule has 1 saturated heterocycles. The molecule has 1 aromatic carbocycles. The van der Waals surface area contributed by atoms with Crippen LogP contribution in [0.2, 0.25) is 0 Å². The van der Waals surface area contributed by atoms with Gasteiger partial charge >= 0.3 is 0 Å². The van der Waals surface area contributed by atoms with Crippen molar-refractivity contribution in [3.8, 4) is 10.7 Å². The molecule has 4 rings (SSSR count). The van der Waals surface area contributed by atoms with Crippen molar-refractivity contribution in [3.63, 3.8) is 0 Å². The molecular weight excluding hydrogens is 320 g/mol. The van der Waals surface area contributed by atoms with Crippen LogP contribution in [0, 0.1) is 0 Å². The van der Waals surface area contributed by atoms with Crippen LogP contribution in [0.4, 0.5) is 11.4 Å². The number of aromatic nitrogens is 2. The highest BCUT2D eigenvalue weighted by Gasteiger charge is 2.15. The number of benzene rings is 1. The summed E-state index contributed by atoms with van der Waals surface area (Å²) >= 11 is 1.61. The van der Waals surface area contributed by atoms with Crippen molar-refractivity contribution in [1.29, 1.82) is 0 Å². The zero-order chi connectivity index (χ0) is 16.2. The summed E-state index contributed by atoms with van der Waals surface area (Å²) in [5, 5.41) is 9.52. The van der Waals surface area contributed by atoms with E-state index in [1.807, 2.05) is 17.5 Å². The molecule has 0 aliphatic carbocycles. The van der Waals surface area contributed by atoms with Crippen LogP contribution >= 0.6 is 11.3 Å². The number of thiophene rings is 1. The maximum absolute atomic E-state index is 5.36. The molecule has 0 radical (unpaired) electrons. The van der Waals surface area contributed by atoms with Crippen molar-refractivity contribution in [3.05, 3.63) is 47.7 Å². The lowest BCUT2D eigenvalue weighted by Crippen LogP contribution is -2.30. The molecule has 0 unspecified atom stereocenters.